The smallest absolute Gasteiger partial charge is 0.0556 e. The van der Waals surface area contributed by atoms with Crippen molar-refractivity contribution >= 4 is 17.2 Å². The van der Waals surface area contributed by atoms with E-state index in [2.05, 4.69) is 67.6 Å². The minimum absolute atomic E-state index is 0.150. The van der Waals surface area contributed by atoms with Crippen molar-refractivity contribution in [1.82, 2.24) is 0 Å². The predicted octanol–water partition coefficient (Wildman–Crippen LogP) is 5.45. The third-order valence-electron chi connectivity index (χ3n) is 3.89. The fourth-order valence-electron chi connectivity index (χ4n) is 2.85. The fourth-order valence-corrected chi connectivity index (χ4v) is 3.09. The Labute approximate surface area is 126 Å². The van der Waals surface area contributed by atoms with Gasteiger partial charge in [0.2, 0.25) is 0 Å². The van der Waals surface area contributed by atoms with Crippen molar-refractivity contribution in [3.05, 3.63) is 77.4 Å². The lowest BCUT2D eigenvalue weighted by atomic mass is 9.85. The highest BCUT2D eigenvalue weighted by Gasteiger charge is 2.16. The van der Waals surface area contributed by atoms with Gasteiger partial charge in [0.1, 0.15) is 0 Å². The van der Waals surface area contributed by atoms with E-state index in [1.54, 1.807) is 0 Å². The highest BCUT2D eigenvalue weighted by Crippen LogP contribution is 2.32. The molecule has 2 aliphatic rings. The highest BCUT2D eigenvalue weighted by atomic mass is 35.5. The lowest BCUT2D eigenvalue weighted by molar-refractivity contribution is 0.774. The molecule has 0 aliphatic heterocycles. The van der Waals surface area contributed by atoms with Crippen LogP contribution < -0.4 is 0 Å². The van der Waals surface area contributed by atoms with Crippen LogP contribution >= 0.6 is 11.6 Å². The van der Waals surface area contributed by atoms with E-state index < -0.39 is 0 Å². The van der Waals surface area contributed by atoms with E-state index in [4.69, 9.17) is 11.6 Å². The van der Waals surface area contributed by atoms with E-state index in [0.717, 1.165) is 12.8 Å². The van der Waals surface area contributed by atoms with Crippen molar-refractivity contribution < 1.29 is 0 Å². The maximum Gasteiger partial charge on any atom is 0.0556 e. The van der Waals surface area contributed by atoms with Crippen LogP contribution in [0.5, 0.6) is 0 Å². The Morgan fingerprint density at radius 3 is 2.70 bits per heavy atom. The molecule has 0 bridgehead atoms. The van der Waals surface area contributed by atoms with E-state index in [-0.39, 0.29) is 5.38 Å². The first-order chi connectivity index (χ1) is 9.72. The molecular formula is C19H19Cl. The Hall–Kier alpha value is -1.53. The minimum atomic E-state index is 0.150. The summed E-state index contributed by atoms with van der Waals surface area (Å²) >= 11 is 6.24. The molecule has 2 unspecified atom stereocenters. The molecule has 20 heavy (non-hydrogen) atoms. The third kappa shape index (κ3) is 2.96. The first-order valence-corrected chi connectivity index (χ1v) is 7.64. The molecule has 0 N–H and O–H groups in total. The maximum atomic E-state index is 6.24. The number of hydrogen-bond donors (Lipinski definition) is 0. The average molecular weight is 283 g/mol. The van der Waals surface area contributed by atoms with Crippen LogP contribution in [0.1, 0.15) is 24.0 Å². The van der Waals surface area contributed by atoms with Crippen LogP contribution in [0, 0.1) is 12.8 Å². The van der Waals surface area contributed by atoms with E-state index >= 15 is 0 Å². The molecule has 0 spiro atoms. The Morgan fingerprint density at radius 1 is 1.05 bits per heavy atom. The monoisotopic (exact) mass is 282 g/mol. The van der Waals surface area contributed by atoms with Gasteiger partial charge in [0.15, 0.2) is 0 Å². The molecule has 0 saturated heterocycles. The Balaban J connectivity index is 1.89. The second kappa shape index (κ2) is 5.85. The molecule has 0 heterocycles. The summed E-state index contributed by atoms with van der Waals surface area (Å²) in [7, 11) is 0. The minimum Gasteiger partial charge on any atom is -0.118 e. The van der Waals surface area contributed by atoms with Crippen LogP contribution in [0.15, 0.2) is 66.3 Å². The standard InChI is InChI=1S/C19H19Cl/c1-14-5-2-6-15(11-14)16-7-3-8-17(12-16)18-9-4-10-19(20)13-18/h2-7,9,11-13,17,19H,8,10H2,1H3. The van der Waals surface area contributed by atoms with Crippen molar-refractivity contribution in [2.45, 2.75) is 25.1 Å². The highest BCUT2D eigenvalue weighted by molar-refractivity contribution is 6.22. The Kier molecular flexibility index (Phi) is 3.93. The van der Waals surface area contributed by atoms with Crippen LogP contribution in [0.4, 0.5) is 0 Å². The molecule has 1 aromatic rings. The number of alkyl halides is 1. The number of benzene rings is 1. The zero-order valence-electron chi connectivity index (χ0n) is 11.7. The molecule has 1 heteroatoms. The summed E-state index contributed by atoms with van der Waals surface area (Å²) in [6.45, 7) is 2.14. The molecule has 2 aliphatic carbocycles. The number of halogens is 1. The van der Waals surface area contributed by atoms with Gasteiger partial charge < -0.3 is 0 Å². The first-order valence-electron chi connectivity index (χ1n) is 7.20. The molecule has 0 radical (unpaired) electrons. The van der Waals surface area contributed by atoms with Crippen LogP contribution in [-0.2, 0) is 0 Å². The molecule has 1 aromatic carbocycles. The van der Waals surface area contributed by atoms with Crippen LogP contribution in [0.2, 0.25) is 0 Å². The fraction of sp³-hybridized carbons (Fsp3) is 0.263. The van der Waals surface area contributed by atoms with Crippen LogP contribution in [-0.4, -0.2) is 5.38 Å². The zero-order chi connectivity index (χ0) is 13.9. The van der Waals surface area contributed by atoms with Crippen molar-refractivity contribution in [2.24, 2.45) is 5.92 Å². The van der Waals surface area contributed by atoms with Gasteiger partial charge in [-0.1, -0.05) is 66.3 Å². The summed E-state index contributed by atoms with van der Waals surface area (Å²) in [6.07, 6.45) is 15.5. The first kappa shape index (κ1) is 13.5. The molecular weight excluding hydrogens is 264 g/mol. The number of aryl methyl sites for hydroxylation is 1. The molecule has 2 atom stereocenters. The number of allylic oxidation sites excluding steroid dienone is 8. The van der Waals surface area contributed by atoms with E-state index in [9.17, 15) is 0 Å². The van der Waals surface area contributed by atoms with Gasteiger partial charge in [0, 0.05) is 5.92 Å². The summed E-state index contributed by atoms with van der Waals surface area (Å²) < 4.78 is 0. The molecule has 0 amide bonds. The van der Waals surface area contributed by atoms with E-state index in [1.165, 1.54) is 22.3 Å². The maximum absolute atomic E-state index is 6.24. The van der Waals surface area contributed by atoms with Crippen molar-refractivity contribution in [3.63, 3.8) is 0 Å². The lowest BCUT2D eigenvalue weighted by Crippen LogP contribution is -2.08. The Morgan fingerprint density at radius 2 is 1.90 bits per heavy atom. The van der Waals surface area contributed by atoms with Crippen molar-refractivity contribution in [2.75, 3.05) is 0 Å². The van der Waals surface area contributed by atoms with Crippen LogP contribution in [0.25, 0.3) is 5.57 Å². The molecule has 0 aromatic heterocycles. The van der Waals surface area contributed by atoms with Gasteiger partial charge >= 0.3 is 0 Å². The summed E-state index contributed by atoms with van der Waals surface area (Å²) in [5, 5.41) is 0.150. The van der Waals surface area contributed by atoms with Gasteiger partial charge in [-0.25, -0.2) is 0 Å². The lowest BCUT2D eigenvalue weighted by Gasteiger charge is -2.21. The molecule has 0 fully saturated rings. The van der Waals surface area contributed by atoms with Gasteiger partial charge in [-0.3, -0.25) is 0 Å². The summed E-state index contributed by atoms with van der Waals surface area (Å²) in [6, 6.07) is 8.69. The number of hydrogen-bond acceptors (Lipinski definition) is 0. The average Bonchev–Trinajstić information content (AvgIpc) is 2.47. The largest absolute Gasteiger partial charge is 0.118 e. The molecule has 0 nitrogen and oxygen atoms in total. The second-order valence-corrected chi connectivity index (χ2v) is 6.12. The van der Waals surface area contributed by atoms with Gasteiger partial charge in [-0.05, 0) is 36.5 Å². The summed E-state index contributed by atoms with van der Waals surface area (Å²) in [5.74, 6) is 0.452. The topological polar surface area (TPSA) is 0 Å². The molecule has 3 rings (SSSR count). The van der Waals surface area contributed by atoms with Gasteiger partial charge in [0.05, 0.1) is 5.38 Å². The third-order valence-corrected chi connectivity index (χ3v) is 4.20. The van der Waals surface area contributed by atoms with E-state index in [1.807, 2.05) is 0 Å². The Bertz CT molecular complexity index is 616. The predicted molar refractivity (Wildman–Crippen MR) is 87.9 cm³/mol. The molecule has 102 valence electrons. The van der Waals surface area contributed by atoms with Crippen molar-refractivity contribution in [1.29, 1.82) is 0 Å². The van der Waals surface area contributed by atoms with E-state index in [0.29, 0.717) is 5.92 Å². The normalized spacial score (nSPS) is 25.3. The number of rotatable bonds is 2. The summed E-state index contributed by atoms with van der Waals surface area (Å²) in [4.78, 5) is 0. The quantitative estimate of drug-likeness (QED) is 0.633. The van der Waals surface area contributed by atoms with Crippen LogP contribution in [0.3, 0.4) is 0 Å². The van der Waals surface area contributed by atoms with Gasteiger partial charge in [-0.2, -0.15) is 0 Å². The van der Waals surface area contributed by atoms with Gasteiger partial charge in [-0.15, -0.1) is 11.6 Å². The zero-order valence-corrected chi connectivity index (χ0v) is 12.5. The SMILES string of the molecule is Cc1cccc(C2=CC(C3=CC(Cl)CC=C3)CC=C2)c1. The van der Waals surface area contributed by atoms with Gasteiger partial charge in [0.25, 0.3) is 0 Å². The summed E-state index contributed by atoms with van der Waals surface area (Å²) in [5.41, 5.74) is 5.27. The van der Waals surface area contributed by atoms with Crippen molar-refractivity contribution in [3.8, 4) is 0 Å². The molecule has 0 saturated carbocycles. The second-order valence-electron chi connectivity index (χ2n) is 5.56.